The van der Waals surface area contributed by atoms with Crippen molar-refractivity contribution in [2.24, 2.45) is 0 Å². The monoisotopic (exact) mass is 367 g/mol. The van der Waals surface area contributed by atoms with Crippen LogP contribution < -0.4 is 10.1 Å². The molecule has 2 aromatic carbocycles. The number of carbonyl (C=O) groups is 3. The number of amides is 1. The summed E-state index contributed by atoms with van der Waals surface area (Å²) in [4.78, 5) is 35.7. The van der Waals surface area contributed by atoms with Gasteiger partial charge < -0.3 is 14.8 Å². The van der Waals surface area contributed by atoms with Crippen molar-refractivity contribution < 1.29 is 23.9 Å². The third-order valence-electron chi connectivity index (χ3n) is 4.26. The lowest BCUT2D eigenvalue weighted by molar-refractivity contribution is -0.155. The Morgan fingerprint density at radius 1 is 0.963 bits per heavy atom. The predicted octanol–water partition coefficient (Wildman–Crippen LogP) is 3.26. The molecule has 1 aliphatic rings. The molecule has 0 unspecified atom stereocenters. The van der Waals surface area contributed by atoms with Gasteiger partial charge in [-0.15, -0.1) is 0 Å². The molecule has 6 nitrogen and oxygen atoms in total. The fraction of sp³-hybridized carbons (Fsp3) is 0.286. The van der Waals surface area contributed by atoms with E-state index in [1.807, 2.05) is 30.3 Å². The van der Waals surface area contributed by atoms with E-state index in [4.69, 9.17) is 9.47 Å². The minimum atomic E-state index is -0.669. The maximum atomic E-state index is 12.1. The van der Waals surface area contributed by atoms with Crippen molar-refractivity contribution in [1.82, 2.24) is 5.32 Å². The summed E-state index contributed by atoms with van der Waals surface area (Å²) in [6.07, 6.45) is 2.04. The van der Waals surface area contributed by atoms with Gasteiger partial charge in [0.1, 0.15) is 18.0 Å². The molecule has 0 heterocycles. The average molecular weight is 367 g/mol. The molecule has 2 aromatic rings. The molecule has 27 heavy (non-hydrogen) atoms. The first-order valence-electron chi connectivity index (χ1n) is 8.95. The van der Waals surface area contributed by atoms with Gasteiger partial charge in [-0.25, -0.2) is 0 Å². The highest BCUT2D eigenvalue weighted by atomic mass is 16.5. The number of para-hydroxylation sites is 1. The number of hydrogen-bond acceptors (Lipinski definition) is 5. The van der Waals surface area contributed by atoms with E-state index in [9.17, 15) is 14.4 Å². The van der Waals surface area contributed by atoms with E-state index in [-0.39, 0.29) is 12.3 Å². The Bertz CT molecular complexity index is 801. The Morgan fingerprint density at radius 3 is 2.37 bits per heavy atom. The van der Waals surface area contributed by atoms with Crippen molar-refractivity contribution in [3.63, 3.8) is 0 Å². The minimum absolute atomic E-state index is 0.0464. The summed E-state index contributed by atoms with van der Waals surface area (Å²) in [5.41, 5.74) is 0.400. The van der Waals surface area contributed by atoms with E-state index >= 15 is 0 Å². The first-order chi connectivity index (χ1) is 13.1. The Kier molecular flexibility index (Phi) is 6.20. The van der Waals surface area contributed by atoms with Crippen LogP contribution in [0.15, 0.2) is 54.6 Å². The first kappa shape index (κ1) is 18.6. The van der Waals surface area contributed by atoms with Crippen LogP contribution >= 0.6 is 0 Å². The van der Waals surface area contributed by atoms with Gasteiger partial charge in [-0.3, -0.25) is 14.4 Å². The lowest BCUT2D eigenvalue weighted by Crippen LogP contribution is -2.36. The van der Waals surface area contributed by atoms with Crippen LogP contribution in [0.1, 0.15) is 36.0 Å². The quantitative estimate of drug-likeness (QED) is 0.793. The van der Waals surface area contributed by atoms with E-state index in [1.54, 1.807) is 24.3 Å². The number of benzene rings is 2. The molecule has 6 heteroatoms. The second kappa shape index (κ2) is 8.98. The molecule has 0 bridgehead atoms. The molecule has 3 rings (SSSR count). The highest BCUT2D eigenvalue weighted by Gasteiger charge is 2.25. The van der Waals surface area contributed by atoms with E-state index in [1.165, 1.54) is 0 Å². The van der Waals surface area contributed by atoms with Gasteiger partial charge in [0.05, 0.1) is 0 Å². The van der Waals surface area contributed by atoms with Crippen molar-refractivity contribution in [2.75, 3.05) is 6.54 Å². The third kappa shape index (κ3) is 5.41. The summed E-state index contributed by atoms with van der Waals surface area (Å²) >= 11 is 0. The summed E-state index contributed by atoms with van der Waals surface area (Å²) in [6, 6.07) is 15.9. The highest BCUT2D eigenvalue weighted by molar-refractivity contribution is 5.96. The zero-order chi connectivity index (χ0) is 19.1. The fourth-order valence-electron chi connectivity index (χ4n) is 2.83. The van der Waals surface area contributed by atoms with Gasteiger partial charge in [0.2, 0.25) is 0 Å². The van der Waals surface area contributed by atoms with E-state index < -0.39 is 18.0 Å². The summed E-state index contributed by atoms with van der Waals surface area (Å²) in [5, 5.41) is 2.51. The van der Waals surface area contributed by atoms with Crippen molar-refractivity contribution in [1.29, 1.82) is 0 Å². The van der Waals surface area contributed by atoms with Crippen LogP contribution in [0.25, 0.3) is 0 Å². The molecular weight excluding hydrogens is 346 g/mol. The predicted molar refractivity (Wildman–Crippen MR) is 98.6 cm³/mol. The molecule has 1 amide bonds. The largest absolute Gasteiger partial charge is 0.457 e. The van der Waals surface area contributed by atoms with Gasteiger partial charge in [0.25, 0.3) is 5.91 Å². The Labute approximate surface area is 157 Å². The zero-order valence-electron chi connectivity index (χ0n) is 14.9. The molecule has 0 saturated heterocycles. The number of carbonyl (C=O) groups excluding carboxylic acids is 3. The van der Waals surface area contributed by atoms with E-state index in [0.29, 0.717) is 29.9 Å². The number of ketones is 1. The van der Waals surface area contributed by atoms with E-state index in [2.05, 4.69) is 5.32 Å². The Morgan fingerprint density at radius 2 is 1.67 bits per heavy atom. The highest BCUT2D eigenvalue weighted by Crippen LogP contribution is 2.21. The normalized spacial score (nSPS) is 16.4. The van der Waals surface area contributed by atoms with Gasteiger partial charge in [0.15, 0.2) is 11.9 Å². The SMILES string of the molecule is O=C(CNC(=O)c1ccc(Oc2ccccc2)cc1)O[C@@H]1CCCCC1=O. The summed E-state index contributed by atoms with van der Waals surface area (Å²) < 4.78 is 10.8. The Balaban J connectivity index is 1.47. The molecule has 0 spiro atoms. The van der Waals surface area contributed by atoms with Crippen molar-refractivity contribution in [3.8, 4) is 11.5 Å². The standard InChI is InChI=1S/C21H21NO5/c23-18-8-4-5-9-19(18)27-20(24)14-22-21(25)15-10-12-17(13-11-15)26-16-6-2-1-3-7-16/h1-3,6-7,10-13,19H,4-5,8-9,14H2,(H,22,25)/t19-/m1/s1. The number of hydrogen-bond donors (Lipinski definition) is 1. The summed E-state index contributed by atoms with van der Waals surface area (Å²) in [7, 11) is 0. The van der Waals surface area contributed by atoms with Crippen molar-refractivity contribution >= 4 is 17.7 Å². The topological polar surface area (TPSA) is 81.7 Å². The number of ether oxygens (including phenoxy) is 2. The Hall–Kier alpha value is -3.15. The fourth-order valence-corrected chi connectivity index (χ4v) is 2.83. The van der Waals surface area contributed by atoms with Crippen LogP contribution in [0.5, 0.6) is 11.5 Å². The molecule has 1 N–H and O–H groups in total. The van der Waals surface area contributed by atoms with Crippen LogP contribution in [0.2, 0.25) is 0 Å². The van der Waals surface area contributed by atoms with Gasteiger partial charge in [-0.1, -0.05) is 18.2 Å². The van der Waals surface area contributed by atoms with Gasteiger partial charge in [0, 0.05) is 12.0 Å². The van der Waals surface area contributed by atoms with Crippen LogP contribution in [0, 0.1) is 0 Å². The average Bonchev–Trinajstić information content (AvgIpc) is 2.69. The smallest absolute Gasteiger partial charge is 0.326 e. The molecule has 140 valence electrons. The maximum absolute atomic E-state index is 12.1. The second-order valence-electron chi connectivity index (χ2n) is 6.31. The van der Waals surface area contributed by atoms with Crippen molar-refractivity contribution in [2.45, 2.75) is 31.8 Å². The number of esters is 1. The number of nitrogens with one attached hydrogen (secondary N) is 1. The molecule has 1 saturated carbocycles. The minimum Gasteiger partial charge on any atom is -0.457 e. The molecule has 1 atom stereocenters. The maximum Gasteiger partial charge on any atom is 0.326 e. The first-order valence-corrected chi connectivity index (χ1v) is 8.95. The van der Waals surface area contributed by atoms with Crippen LogP contribution in [-0.2, 0) is 14.3 Å². The molecule has 0 aliphatic heterocycles. The molecule has 1 fully saturated rings. The van der Waals surface area contributed by atoms with Crippen LogP contribution in [0.3, 0.4) is 0 Å². The summed E-state index contributed by atoms with van der Waals surface area (Å²) in [6.45, 7) is -0.273. The number of Topliss-reactive ketones (excluding diaryl/α,β-unsaturated/α-hetero) is 1. The van der Waals surface area contributed by atoms with Crippen molar-refractivity contribution in [3.05, 3.63) is 60.2 Å². The zero-order valence-corrected chi connectivity index (χ0v) is 14.9. The van der Waals surface area contributed by atoms with Gasteiger partial charge >= 0.3 is 5.97 Å². The van der Waals surface area contributed by atoms with E-state index in [0.717, 1.165) is 12.8 Å². The van der Waals surface area contributed by atoms with Crippen LogP contribution in [0.4, 0.5) is 0 Å². The lowest BCUT2D eigenvalue weighted by Gasteiger charge is -2.20. The molecule has 1 aliphatic carbocycles. The van der Waals surface area contributed by atoms with Gasteiger partial charge in [-0.05, 0) is 55.7 Å². The summed E-state index contributed by atoms with van der Waals surface area (Å²) in [5.74, 6) is 0.262. The molecule has 0 radical (unpaired) electrons. The second-order valence-corrected chi connectivity index (χ2v) is 6.31. The third-order valence-corrected chi connectivity index (χ3v) is 4.26. The number of rotatable bonds is 6. The van der Waals surface area contributed by atoms with Crippen LogP contribution in [-0.4, -0.2) is 30.3 Å². The lowest BCUT2D eigenvalue weighted by atomic mass is 9.96. The molecule has 0 aromatic heterocycles. The van der Waals surface area contributed by atoms with Gasteiger partial charge in [-0.2, -0.15) is 0 Å². The molecular formula is C21H21NO5.